The molecule has 2 fully saturated rings. The van der Waals surface area contributed by atoms with E-state index in [4.69, 9.17) is 4.74 Å². The zero-order valence-electron chi connectivity index (χ0n) is 14.8. The summed E-state index contributed by atoms with van der Waals surface area (Å²) in [4.78, 5) is 17.7. The Hall–Kier alpha value is -1.56. The molecule has 1 aliphatic carbocycles. The van der Waals surface area contributed by atoms with E-state index in [1.807, 2.05) is 0 Å². The van der Waals surface area contributed by atoms with Crippen molar-refractivity contribution in [3.63, 3.8) is 0 Å². The number of fused-ring (bicyclic) bond motifs is 1. The Morgan fingerprint density at radius 2 is 2.22 bits per heavy atom. The van der Waals surface area contributed by atoms with Gasteiger partial charge in [-0.2, -0.15) is 0 Å². The van der Waals surface area contributed by atoms with Gasteiger partial charge in [0.1, 0.15) is 6.54 Å². The molecule has 0 aromatic rings. The van der Waals surface area contributed by atoms with Crippen LogP contribution in [-0.2, 0) is 9.53 Å². The molecule has 3 atom stereocenters. The zero-order valence-corrected chi connectivity index (χ0v) is 14.8. The lowest BCUT2D eigenvalue weighted by atomic mass is 9.55. The van der Waals surface area contributed by atoms with E-state index in [2.05, 4.69) is 36.1 Å². The number of ether oxygens (including phenoxy) is 1. The van der Waals surface area contributed by atoms with Gasteiger partial charge in [0.15, 0.2) is 5.96 Å². The standard InChI is InChI=1S/C17H30N4O2/c1-6-9-18-16(19-11-13(22)21(4)5)20-14-12-8-7-10-23-15(12)17(14,2)3/h6,12,14-15H,1,7-11H2,2-5H3,(H2,18,19,20). The van der Waals surface area contributed by atoms with Crippen molar-refractivity contribution in [1.82, 2.24) is 15.5 Å². The number of aliphatic imine (C=N–C) groups is 1. The smallest absolute Gasteiger partial charge is 0.243 e. The van der Waals surface area contributed by atoms with Crippen molar-refractivity contribution in [3.8, 4) is 0 Å². The predicted molar refractivity (Wildman–Crippen MR) is 92.4 cm³/mol. The third kappa shape index (κ3) is 3.86. The fourth-order valence-corrected chi connectivity index (χ4v) is 3.57. The molecule has 1 saturated heterocycles. The monoisotopic (exact) mass is 322 g/mol. The molecule has 1 aliphatic heterocycles. The van der Waals surface area contributed by atoms with Gasteiger partial charge >= 0.3 is 0 Å². The molecule has 3 unspecified atom stereocenters. The molecule has 1 heterocycles. The second-order valence-corrected chi connectivity index (χ2v) is 7.16. The quantitative estimate of drug-likeness (QED) is 0.450. The second kappa shape index (κ2) is 7.34. The van der Waals surface area contributed by atoms with Crippen LogP contribution in [0.1, 0.15) is 26.7 Å². The Kier molecular flexibility index (Phi) is 5.68. The maximum atomic E-state index is 11.8. The van der Waals surface area contributed by atoms with Crippen LogP contribution in [0.5, 0.6) is 0 Å². The lowest BCUT2D eigenvalue weighted by Crippen LogP contribution is -2.71. The fraction of sp³-hybridized carbons (Fsp3) is 0.765. The largest absolute Gasteiger partial charge is 0.377 e. The number of hydrogen-bond acceptors (Lipinski definition) is 3. The highest BCUT2D eigenvalue weighted by atomic mass is 16.5. The summed E-state index contributed by atoms with van der Waals surface area (Å²) in [6.07, 6.45) is 4.39. The Morgan fingerprint density at radius 3 is 2.87 bits per heavy atom. The molecule has 2 aliphatic rings. The van der Waals surface area contributed by atoms with Crippen molar-refractivity contribution in [2.24, 2.45) is 16.3 Å². The van der Waals surface area contributed by atoms with Gasteiger partial charge in [-0.1, -0.05) is 19.9 Å². The Balaban J connectivity index is 2.03. The molecule has 1 saturated carbocycles. The first-order valence-electron chi connectivity index (χ1n) is 8.35. The third-order valence-corrected chi connectivity index (χ3v) is 4.91. The molecule has 0 spiro atoms. The maximum Gasteiger partial charge on any atom is 0.243 e. The van der Waals surface area contributed by atoms with Gasteiger partial charge in [-0.05, 0) is 12.8 Å². The van der Waals surface area contributed by atoms with Gasteiger partial charge < -0.3 is 20.3 Å². The zero-order chi connectivity index (χ0) is 17.0. The molecule has 6 nitrogen and oxygen atoms in total. The summed E-state index contributed by atoms with van der Waals surface area (Å²) >= 11 is 0. The van der Waals surface area contributed by atoms with Crippen molar-refractivity contribution < 1.29 is 9.53 Å². The summed E-state index contributed by atoms with van der Waals surface area (Å²) in [7, 11) is 3.47. The van der Waals surface area contributed by atoms with Crippen molar-refractivity contribution in [1.29, 1.82) is 0 Å². The molecule has 0 aromatic carbocycles. The topological polar surface area (TPSA) is 66.0 Å². The van der Waals surface area contributed by atoms with E-state index >= 15 is 0 Å². The van der Waals surface area contributed by atoms with Crippen LogP contribution in [0.15, 0.2) is 17.6 Å². The third-order valence-electron chi connectivity index (χ3n) is 4.91. The van der Waals surface area contributed by atoms with Crippen molar-refractivity contribution >= 4 is 11.9 Å². The van der Waals surface area contributed by atoms with Gasteiger partial charge in [0.05, 0.1) is 6.10 Å². The van der Waals surface area contributed by atoms with Crippen LogP contribution in [-0.4, -0.2) is 62.7 Å². The summed E-state index contributed by atoms with van der Waals surface area (Å²) < 4.78 is 5.94. The van der Waals surface area contributed by atoms with Crippen molar-refractivity contribution in [3.05, 3.63) is 12.7 Å². The number of nitrogens with one attached hydrogen (secondary N) is 2. The lowest BCUT2D eigenvalue weighted by molar-refractivity contribution is -0.188. The van der Waals surface area contributed by atoms with Gasteiger partial charge in [0, 0.05) is 44.6 Å². The predicted octanol–water partition coefficient (Wildman–Crippen LogP) is 0.999. The summed E-state index contributed by atoms with van der Waals surface area (Å²) in [5.74, 6) is 1.16. The minimum absolute atomic E-state index is 0.0172. The number of hydrogen-bond donors (Lipinski definition) is 2. The summed E-state index contributed by atoms with van der Waals surface area (Å²) in [5.41, 5.74) is 0.0628. The number of guanidine groups is 1. The summed E-state index contributed by atoms with van der Waals surface area (Å²) in [5, 5.41) is 6.72. The Bertz CT molecular complexity index is 473. The highest BCUT2D eigenvalue weighted by Crippen LogP contribution is 2.51. The van der Waals surface area contributed by atoms with Gasteiger partial charge in [-0.15, -0.1) is 6.58 Å². The van der Waals surface area contributed by atoms with Gasteiger partial charge in [0.2, 0.25) is 5.91 Å². The minimum atomic E-state index is -0.0172. The molecule has 0 radical (unpaired) electrons. The van der Waals surface area contributed by atoms with E-state index in [1.54, 1.807) is 25.1 Å². The van der Waals surface area contributed by atoms with E-state index in [0.29, 0.717) is 30.6 Å². The molecule has 2 rings (SSSR count). The van der Waals surface area contributed by atoms with Crippen LogP contribution in [0.4, 0.5) is 0 Å². The van der Waals surface area contributed by atoms with E-state index in [9.17, 15) is 4.79 Å². The minimum Gasteiger partial charge on any atom is -0.377 e. The van der Waals surface area contributed by atoms with Crippen molar-refractivity contribution in [2.75, 3.05) is 33.8 Å². The van der Waals surface area contributed by atoms with Crippen molar-refractivity contribution in [2.45, 2.75) is 38.8 Å². The summed E-state index contributed by atoms with van der Waals surface area (Å²) in [6, 6.07) is 0.304. The molecule has 6 heteroatoms. The average molecular weight is 322 g/mol. The van der Waals surface area contributed by atoms with E-state index in [1.165, 1.54) is 6.42 Å². The fourth-order valence-electron chi connectivity index (χ4n) is 3.57. The van der Waals surface area contributed by atoms with Crippen LogP contribution >= 0.6 is 0 Å². The molecular weight excluding hydrogens is 292 g/mol. The highest BCUT2D eigenvalue weighted by Gasteiger charge is 2.58. The maximum absolute atomic E-state index is 11.8. The normalized spacial score (nSPS) is 29.0. The molecule has 1 amide bonds. The van der Waals surface area contributed by atoms with Crippen LogP contribution in [0.2, 0.25) is 0 Å². The van der Waals surface area contributed by atoms with Crippen LogP contribution in [0.25, 0.3) is 0 Å². The number of rotatable bonds is 5. The van der Waals surface area contributed by atoms with Gasteiger partial charge in [0.25, 0.3) is 0 Å². The lowest BCUT2D eigenvalue weighted by Gasteiger charge is -2.60. The molecule has 23 heavy (non-hydrogen) atoms. The van der Waals surface area contributed by atoms with E-state index in [-0.39, 0.29) is 17.9 Å². The van der Waals surface area contributed by atoms with Gasteiger partial charge in [-0.25, -0.2) is 4.99 Å². The SMILES string of the molecule is C=CCNC(=NCC(=O)N(C)C)NC1C2CCCOC2C1(C)C. The van der Waals surface area contributed by atoms with Crippen LogP contribution in [0.3, 0.4) is 0 Å². The molecule has 2 N–H and O–H groups in total. The number of likely N-dealkylation sites (N-methyl/N-ethyl adjacent to an activating group) is 1. The molecular formula is C17H30N4O2. The second-order valence-electron chi connectivity index (χ2n) is 7.16. The molecule has 130 valence electrons. The highest BCUT2D eigenvalue weighted by molar-refractivity contribution is 5.85. The first kappa shape index (κ1) is 17.8. The molecule has 0 aromatic heterocycles. The number of carbonyl (C=O) groups excluding carboxylic acids is 1. The average Bonchev–Trinajstić information content (AvgIpc) is 2.53. The van der Waals surface area contributed by atoms with E-state index in [0.717, 1.165) is 13.0 Å². The van der Waals surface area contributed by atoms with E-state index < -0.39 is 0 Å². The first-order chi connectivity index (χ1) is 10.9. The Morgan fingerprint density at radius 1 is 1.48 bits per heavy atom. The number of amides is 1. The first-order valence-corrected chi connectivity index (χ1v) is 8.35. The molecule has 0 bridgehead atoms. The number of nitrogens with zero attached hydrogens (tertiary/aromatic N) is 2. The van der Waals surface area contributed by atoms with Crippen LogP contribution in [0, 0.1) is 11.3 Å². The number of carbonyl (C=O) groups is 1. The summed E-state index contributed by atoms with van der Waals surface area (Å²) in [6.45, 7) is 9.79. The van der Waals surface area contributed by atoms with Crippen LogP contribution < -0.4 is 10.6 Å². The Labute approximate surface area is 139 Å². The van der Waals surface area contributed by atoms with Gasteiger partial charge in [-0.3, -0.25) is 4.79 Å².